The molecule has 0 saturated carbocycles. The molecule has 25 heavy (non-hydrogen) atoms. The summed E-state index contributed by atoms with van der Waals surface area (Å²) in [6, 6.07) is 16.1. The van der Waals surface area contributed by atoms with Crippen molar-refractivity contribution >= 4 is 17.3 Å². The molecule has 0 amide bonds. The van der Waals surface area contributed by atoms with Crippen LogP contribution in [0.15, 0.2) is 65.6 Å². The number of nitrogens with zero attached hydrogens (tertiary/aromatic N) is 3. The fourth-order valence-electron chi connectivity index (χ4n) is 2.56. The van der Waals surface area contributed by atoms with Crippen LogP contribution in [0.25, 0.3) is 0 Å². The monoisotopic (exact) mass is 357 g/mol. The van der Waals surface area contributed by atoms with Crippen LogP contribution in [0.5, 0.6) is 0 Å². The predicted octanol–water partition coefficient (Wildman–Crippen LogP) is 3.72. The maximum Gasteiger partial charge on any atom is 0.287 e. The molecule has 4 nitrogen and oxygen atoms in total. The van der Waals surface area contributed by atoms with E-state index in [1.54, 1.807) is 30.1 Å². The van der Waals surface area contributed by atoms with Gasteiger partial charge in [0.05, 0.1) is 18.4 Å². The van der Waals surface area contributed by atoms with E-state index < -0.39 is 0 Å². The van der Waals surface area contributed by atoms with Crippen molar-refractivity contribution in [2.24, 2.45) is 0 Å². The first-order chi connectivity index (χ1) is 12.1. The first-order valence-corrected chi connectivity index (χ1v) is 8.18. The van der Waals surface area contributed by atoms with E-state index in [4.69, 9.17) is 11.6 Å². The fourth-order valence-corrected chi connectivity index (χ4v) is 2.85. The summed E-state index contributed by atoms with van der Waals surface area (Å²) in [6.45, 7) is 0.632. The van der Waals surface area contributed by atoms with E-state index in [2.05, 4.69) is 5.10 Å². The molecule has 0 spiro atoms. The van der Waals surface area contributed by atoms with Crippen molar-refractivity contribution in [3.63, 3.8) is 0 Å². The van der Waals surface area contributed by atoms with Crippen molar-refractivity contribution < 1.29 is 4.39 Å². The van der Waals surface area contributed by atoms with Gasteiger partial charge in [0, 0.05) is 19.2 Å². The van der Waals surface area contributed by atoms with Gasteiger partial charge in [0.25, 0.3) is 5.56 Å². The summed E-state index contributed by atoms with van der Waals surface area (Å²) < 4.78 is 15.1. The Balaban J connectivity index is 1.85. The van der Waals surface area contributed by atoms with E-state index in [9.17, 15) is 9.18 Å². The number of hydrogen-bond donors (Lipinski definition) is 0. The molecule has 1 heterocycles. The molecule has 0 aliphatic heterocycles. The van der Waals surface area contributed by atoms with Gasteiger partial charge >= 0.3 is 0 Å². The van der Waals surface area contributed by atoms with Crippen molar-refractivity contribution in [2.75, 3.05) is 11.9 Å². The van der Waals surface area contributed by atoms with Crippen LogP contribution in [0.3, 0.4) is 0 Å². The maximum absolute atomic E-state index is 13.8. The standard InChI is InChI=1S/C19H17ClFN3O/c1-23(13-15-9-5-6-10-16(15)21)17-11-22-24(19(25)18(17)20)12-14-7-3-2-4-8-14/h2-11H,12-13H2,1H3. The summed E-state index contributed by atoms with van der Waals surface area (Å²) in [5.41, 5.74) is 1.58. The molecule has 0 saturated heterocycles. The lowest BCUT2D eigenvalue weighted by atomic mass is 10.2. The number of rotatable bonds is 5. The highest BCUT2D eigenvalue weighted by Crippen LogP contribution is 2.22. The van der Waals surface area contributed by atoms with E-state index in [0.29, 0.717) is 17.8 Å². The third kappa shape index (κ3) is 3.88. The Morgan fingerprint density at radius 2 is 1.80 bits per heavy atom. The van der Waals surface area contributed by atoms with Crippen LogP contribution in [0.2, 0.25) is 5.02 Å². The summed E-state index contributed by atoms with van der Waals surface area (Å²) in [4.78, 5) is 14.2. The highest BCUT2D eigenvalue weighted by Gasteiger charge is 2.14. The van der Waals surface area contributed by atoms with Gasteiger partial charge in [0.2, 0.25) is 0 Å². The maximum atomic E-state index is 13.8. The van der Waals surface area contributed by atoms with E-state index in [1.807, 2.05) is 30.3 Å². The van der Waals surface area contributed by atoms with Crippen LogP contribution in [-0.4, -0.2) is 16.8 Å². The van der Waals surface area contributed by atoms with Crippen LogP contribution in [0.4, 0.5) is 10.1 Å². The van der Waals surface area contributed by atoms with Crippen LogP contribution < -0.4 is 10.5 Å². The zero-order chi connectivity index (χ0) is 17.8. The zero-order valence-corrected chi connectivity index (χ0v) is 14.4. The van der Waals surface area contributed by atoms with E-state index in [0.717, 1.165) is 5.56 Å². The second kappa shape index (κ2) is 7.49. The number of halogens is 2. The third-order valence-electron chi connectivity index (χ3n) is 3.92. The summed E-state index contributed by atoms with van der Waals surface area (Å²) >= 11 is 6.26. The molecule has 0 fully saturated rings. The Bertz CT molecular complexity index is 927. The Kier molecular flexibility index (Phi) is 5.14. The van der Waals surface area contributed by atoms with Crippen molar-refractivity contribution in [1.82, 2.24) is 9.78 Å². The molecule has 1 aromatic heterocycles. The first kappa shape index (κ1) is 17.2. The van der Waals surface area contributed by atoms with Gasteiger partial charge in [-0.25, -0.2) is 9.07 Å². The lowest BCUT2D eigenvalue weighted by molar-refractivity contribution is 0.606. The number of hydrogen-bond acceptors (Lipinski definition) is 3. The van der Waals surface area contributed by atoms with Gasteiger partial charge in [-0.2, -0.15) is 5.10 Å². The summed E-state index contributed by atoms with van der Waals surface area (Å²) in [5.74, 6) is -0.296. The Hall–Kier alpha value is -2.66. The van der Waals surface area contributed by atoms with Gasteiger partial charge in [0.15, 0.2) is 0 Å². The predicted molar refractivity (Wildman–Crippen MR) is 97.6 cm³/mol. The molecule has 6 heteroatoms. The summed E-state index contributed by atoms with van der Waals surface area (Å²) in [7, 11) is 1.75. The molecule has 0 radical (unpaired) electrons. The molecule has 0 N–H and O–H groups in total. The second-order valence-corrected chi connectivity index (χ2v) is 6.12. The molecule has 0 bridgehead atoms. The van der Waals surface area contributed by atoms with Crippen LogP contribution in [-0.2, 0) is 13.1 Å². The highest BCUT2D eigenvalue weighted by molar-refractivity contribution is 6.33. The molecule has 0 aliphatic carbocycles. The van der Waals surface area contributed by atoms with E-state index in [-0.39, 0.29) is 22.9 Å². The van der Waals surface area contributed by atoms with Gasteiger partial charge < -0.3 is 4.90 Å². The zero-order valence-electron chi connectivity index (χ0n) is 13.7. The highest BCUT2D eigenvalue weighted by atomic mass is 35.5. The normalized spacial score (nSPS) is 10.7. The summed E-state index contributed by atoms with van der Waals surface area (Å²) in [6.07, 6.45) is 1.54. The Morgan fingerprint density at radius 1 is 1.12 bits per heavy atom. The van der Waals surface area contributed by atoms with Gasteiger partial charge in [-0.15, -0.1) is 0 Å². The van der Waals surface area contributed by atoms with Crippen LogP contribution >= 0.6 is 11.6 Å². The third-order valence-corrected chi connectivity index (χ3v) is 4.27. The minimum Gasteiger partial charge on any atom is -0.367 e. The minimum atomic E-state index is -0.372. The van der Waals surface area contributed by atoms with Gasteiger partial charge in [-0.3, -0.25) is 4.79 Å². The largest absolute Gasteiger partial charge is 0.367 e. The van der Waals surface area contributed by atoms with Crippen molar-refractivity contribution in [3.8, 4) is 0 Å². The molecule has 3 aromatic rings. The summed E-state index contributed by atoms with van der Waals surface area (Å²) in [5, 5.41) is 4.28. The topological polar surface area (TPSA) is 38.1 Å². The van der Waals surface area contributed by atoms with Crippen LogP contribution in [0, 0.1) is 5.82 Å². The van der Waals surface area contributed by atoms with Crippen molar-refractivity contribution in [1.29, 1.82) is 0 Å². The lowest BCUT2D eigenvalue weighted by Gasteiger charge is -2.20. The average molecular weight is 358 g/mol. The average Bonchev–Trinajstić information content (AvgIpc) is 2.62. The number of anilines is 1. The molecule has 128 valence electrons. The van der Waals surface area contributed by atoms with Crippen LogP contribution in [0.1, 0.15) is 11.1 Å². The van der Waals surface area contributed by atoms with E-state index >= 15 is 0 Å². The molecule has 3 rings (SSSR count). The van der Waals surface area contributed by atoms with Crippen molar-refractivity contribution in [2.45, 2.75) is 13.1 Å². The molecular weight excluding hydrogens is 341 g/mol. The molecule has 2 aromatic carbocycles. The number of aromatic nitrogens is 2. The smallest absolute Gasteiger partial charge is 0.287 e. The van der Waals surface area contributed by atoms with Gasteiger partial charge in [0.1, 0.15) is 10.8 Å². The molecule has 0 unspecified atom stereocenters. The SMILES string of the molecule is CN(Cc1ccccc1F)c1cnn(Cc2ccccc2)c(=O)c1Cl. The lowest BCUT2D eigenvalue weighted by Crippen LogP contribution is -2.27. The van der Waals surface area contributed by atoms with Crippen molar-refractivity contribution in [3.05, 3.63) is 93.1 Å². The first-order valence-electron chi connectivity index (χ1n) is 7.80. The Labute approximate surface area is 150 Å². The minimum absolute atomic E-state index is 0.0739. The molecule has 0 atom stereocenters. The molecule has 0 aliphatic rings. The number of benzene rings is 2. The quantitative estimate of drug-likeness (QED) is 0.698. The fraction of sp³-hybridized carbons (Fsp3) is 0.158. The second-order valence-electron chi connectivity index (χ2n) is 5.74. The van der Waals surface area contributed by atoms with Gasteiger partial charge in [-0.05, 0) is 11.6 Å². The molecular formula is C19H17ClFN3O. The van der Waals surface area contributed by atoms with Gasteiger partial charge in [-0.1, -0.05) is 60.1 Å². The van der Waals surface area contributed by atoms with E-state index in [1.165, 1.54) is 16.9 Å². The Morgan fingerprint density at radius 3 is 2.52 bits per heavy atom.